The number of fused-ring (bicyclic) bond motifs is 1. The predicted octanol–water partition coefficient (Wildman–Crippen LogP) is 1.70. The first-order chi connectivity index (χ1) is 9.78. The second-order valence-corrected chi connectivity index (χ2v) is 4.72. The summed E-state index contributed by atoms with van der Waals surface area (Å²) < 4.78 is 0. The van der Waals surface area contributed by atoms with Gasteiger partial charge in [0.25, 0.3) is 5.91 Å². The molecule has 20 heavy (non-hydrogen) atoms. The predicted molar refractivity (Wildman–Crippen MR) is 73.9 cm³/mol. The van der Waals surface area contributed by atoms with Crippen LogP contribution < -0.4 is 0 Å². The van der Waals surface area contributed by atoms with E-state index in [-0.39, 0.29) is 5.91 Å². The van der Waals surface area contributed by atoms with Gasteiger partial charge in [0.1, 0.15) is 0 Å². The van der Waals surface area contributed by atoms with E-state index in [1.54, 1.807) is 35.5 Å². The lowest BCUT2D eigenvalue weighted by molar-refractivity contribution is 0.0754. The highest BCUT2D eigenvalue weighted by atomic mass is 16.4. The maximum Gasteiger partial charge on any atom is 0.253 e. The van der Waals surface area contributed by atoms with Crippen LogP contribution in [-0.4, -0.2) is 44.8 Å². The van der Waals surface area contributed by atoms with Crippen LogP contribution in [0.25, 0.3) is 11.0 Å². The molecule has 1 fully saturated rings. The van der Waals surface area contributed by atoms with Gasteiger partial charge in [-0.15, -0.1) is 0 Å². The van der Waals surface area contributed by atoms with Crippen molar-refractivity contribution in [2.45, 2.75) is 12.8 Å². The lowest BCUT2D eigenvalue weighted by atomic mass is 10.1. The standard InChI is InChI=1S/C14H14N4O2/c19-14(18-7-3-11(17-20)4-8-18)10-1-2-12-13(9-10)16-6-5-15-12/h1-2,5-6,9,20H,3-4,7-8H2. The van der Waals surface area contributed by atoms with Crippen LogP contribution in [0, 0.1) is 0 Å². The van der Waals surface area contributed by atoms with Crippen molar-refractivity contribution in [2.75, 3.05) is 13.1 Å². The molecule has 2 heterocycles. The number of oxime groups is 1. The quantitative estimate of drug-likeness (QED) is 0.632. The van der Waals surface area contributed by atoms with Crippen molar-refractivity contribution < 1.29 is 10.0 Å². The molecule has 1 aromatic heterocycles. The Bertz CT molecular complexity index is 674. The Morgan fingerprint density at radius 1 is 1.15 bits per heavy atom. The van der Waals surface area contributed by atoms with E-state index in [1.165, 1.54) is 0 Å². The van der Waals surface area contributed by atoms with Crippen LogP contribution in [0.1, 0.15) is 23.2 Å². The number of aromatic nitrogens is 2. The van der Waals surface area contributed by atoms with Crippen LogP contribution in [-0.2, 0) is 0 Å². The van der Waals surface area contributed by atoms with Crippen molar-refractivity contribution in [1.29, 1.82) is 0 Å². The monoisotopic (exact) mass is 270 g/mol. The molecule has 102 valence electrons. The van der Waals surface area contributed by atoms with Gasteiger partial charge < -0.3 is 10.1 Å². The zero-order valence-electron chi connectivity index (χ0n) is 10.9. The Hall–Kier alpha value is -2.50. The lowest BCUT2D eigenvalue weighted by Crippen LogP contribution is -2.38. The summed E-state index contributed by atoms with van der Waals surface area (Å²) in [6.45, 7) is 1.16. The number of carbonyl (C=O) groups is 1. The van der Waals surface area contributed by atoms with E-state index in [1.807, 2.05) is 0 Å². The number of likely N-dealkylation sites (tertiary alicyclic amines) is 1. The van der Waals surface area contributed by atoms with Crippen LogP contribution in [0.3, 0.4) is 0 Å². The number of benzene rings is 1. The second kappa shape index (κ2) is 5.24. The first kappa shape index (κ1) is 12.5. The van der Waals surface area contributed by atoms with Crippen molar-refractivity contribution in [3.05, 3.63) is 36.2 Å². The minimum atomic E-state index is -0.0189. The number of hydrogen-bond donors (Lipinski definition) is 1. The zero-order chi connectivity index (χ0) is 13.9. The summed E-state index contributed by atoms with van der Waals surface area (Å²) in [5.41, 5.74) is 2.85. The zero-order valence-corrected chi connectivity index (χ0v) is 10.9. The third-order valence-electron chi connectivity index (χ3n) is 3.49. The lowest BCUT2D eigenvalue weighted by Gasteiger charge is -2.27. The van der Waals surface area contributed by atoms with Gasteiger partial charge in [0.05, 0.1) is 16.7 Å². The van der Waals surface area contributed by atoms with Crippen LogP contribution in [0.5, 0.6) is 0 Å². The SMILES string of the molecule is O=C(c1ccc2nccnc2c1)N1CCC(=NO)CC1. The third-order valence-corrected chi connectivity index (χ3v) is 3.49. The Morgan fingerprint density at radius 2 is 1.85 bits per heavy atom. The molecule has 1 aromatic carbocycles. The number of rotatable bonds is 1. The topological polar surface area (TPSA) is 78.7 Å². The van der Waals surface area contributed by atoms with E-state index >= 15 is 0 Å². The number of piperidine rings is 1. The largest absolute Gasteiger partial charge is 0.411 e. The number of nitrogens with zero attached hydrogens (tertiary/aromatic N) is 4. The second-order valence-electron chi connectivity index (χ2n) is 4.72. The molecule has 0 aliphatic carbocycles. The fourth-order valence-electron chi connectivity index (χ4n) is 2.35. The van der Waals surface area contributed by atoms with Crippen molar-refractivity contribution >= 4 is 22.7 Å². The average Bonchev–Trinajstić information content (AvgIpc) is 2.54. The maximum absolute atomic E-state index is 12.4. The number of carbonyl (C=O) groups excluding carboxylic acids is 1. The van der Waals surface area contributed by atoms with Crippen molar-refractivity contribution in [2.24, 2.45) is 5.16 Å². The van der Waals surface area contributed by atoms with Gasteiger partial charge in [0, 0.05) is 43.9 Å². The van der Waals surface area contributed by atoms with Crippen LogP contribution in [0.4, 0.5) is 0 Å². The van der Waals surface area contributed by atoms with Gasteiger partial charge >= 0.3 is 0 Å². The first-order valence-corrected chi connectivity index (χ1v) is 6.48. The molecule has 1 aliphatic heterocycles. The highest BCUT2D eigenvalue weighted by Gasteiger charge is 2.21. The van der Waals surface area contributed by atoms with Crippen LogP contribution >= 0.6 is 0 Å². The molecule has 1 aliphatic rings. The molecule has 1 N–H and O–H groups in total. The maximum atomic E-state index is 12.4. The Balaban J connectivity index is 1.82. The summed E-state index contributed by atoms with van der Waals surface area (Å²) in [5.74, 6) is -0.0189. The summed E-state index contributed by atoms with van der Waals surface area (Å²) in [7, 11) is 0. The van der Waals surface area contributed by atoms with Gasteiger partial charge in [0.15, 0.2) is 0 Å². The summed E-state index contributed by atoms with van der Waals surface area (Å²) in [4.78, 5) is 22.6. The molecule has 0 saturated carbocycles. The van der Waals surface area contributed by atoms with E-state index in [2.05, 4.69) is 15.1 Å². The number of hydrogen-bond acceptors (Lipinski definition) is 5. The van der Waals surface area contributed by atoms with Gasteiger partial charge in [0.2, 0.25) is 0 Å². The Morgan fingerprint density at radius 3 is 2.55 bits per heavy atom. The van der Waals surface area contributed by atoms with E-state index in [0.717, 1.165) is 11.2 Å². The average molecular weight is 270 g/mol. The molecule has 0 spiro atoms. The summed E-state index contributed by atoms with van der Waals surface area (Å²) >= 11 is 0. The summed E-state index contributed by atoms with van der Waals surface area (Å²) in [6.07, 6.45) is 4.48. The Labute approximate surface area is 115 Å². The molecule has 3 rings (SSSR count). The fraction of sp³-hybridized carbons (Fsp3) is 0.286. The van der Waals surface area contributed by atoms with Gasteiger partial charge in [-0.05, 0) is 18.2 Å². The first-order valence-electron chi connectivity index (χ1n) is 6.48. The number of amides is 1. The molecule has 1 saturated heterocycles. The highest BCUT2D eigenvalue weighted by molar-refractivity contribution is 5.98. The van der Waals surface area contributed by atoms with Crippen molar-refractivity contribution in [3.63, 3.8) is 0 Å². The highest BCUT2D eigenvalue weighted by Crippen LogP contribution is 2.15. The van der Waals surface area contributed by atoms with E-state index in [4.69, 9.17) is 5.21 Å². The molecule has 1 amide bonds. The van der Waals surface area contributed by atoms with E-state index in [0.29, 0.717) is 37.0 Å². The molecule has 0 atom stereocenters. The summed E-state index contributed by atoms with van der Waals surface area (Å²) in [5, 5.41) is 11.9. The molecule has 0 bridgehead atoms. The molecule has 6 nitrogen and oxygen atoms in total. The van der Waals surface area contributed by atoms with Crippen LogP contribution in [0.2, 0.25) is 0 Å². The smallest absolute Gasteiger partial charge is 0.253 e. The Kier molecular flexibility index (Phi) is 3.28. The van der Waals surface area contributed by atoms with E-state index < -0.39 is 0 Å². The van der Waals surface area contributed by atoms with Crippen LogP contribution in [0.15, 0.2) is 35.7 Å². The summed E-state index contributed by atoms with van der Waals surface area (Å²) in [6, 6.07) is 5.34. The minimum absolute atomic E-state index is 0.0189. The van der Waals surface area contributed by atoms with Gasteiger partial charge in [-0.2, -0.15) is 0 Å². The molecule has 0 unspecified atom stereocenters. The molecule has 0 radical (unpaired) electrons. The van der Waals surface area contributed by atoms with Gasteiger partial charge in [-0.3, -0.25) is 14.8 Å². The molecule has 6 heteroatoms. The molecular formula is C14H14N4O2. The van der Waals surface area contributed by atoms with Crippen molar-refractivity contribution in [3.8, 4) is 0 Å². The van der Waals surface area contributed by atoms with Crippen molar-refractivity contribution in [1.82, 2.24) is 14.9 Å². The minimum Gasteiger partial charge on any atom is -0.411 e. The normalized spacial score (nSPS) is 15.4. The molecular weight excluding hydrogens is 256 g/mol. The fourth-order valence-corrected chi connectivity index (χ4v) is 2.35. The molecule has 2 aromatic rings. The third kappa shape index (κ3) is 2.32. The van der Waals surface area contributed by atoms with E-state index in [9.17, 15) is 4.79 Å². The van der Waals surface area contributed by atoms with Gasteiger partial charge in [-0.1, -0.05) is 5.16 Å². The van der Waals surface area contributed by atoms with Gasteiger partial charge in [-0.25, -0.2) is 0 Å².